The largest absolute Gasteiger partial charge is 0.391 e. The van der Waals surface area contributed by atoms with E-state index in [1.165, 1.54) is 0 Å². The molecule has 0 radical (unpaired) electrons. The van der Waals surface area contributed by atoms with Gasteiger partial charge in [0.2, 0.25) is 0 Å². The third kappa shape index (κ3) is 4.85. The molecule has 0 saturated heterocycles. The van der Waals surface area contributed by atoms with E-state index in [-0.39, 0.29) is 18.5 Å². The first-order valence-corrected chi connectivity index (χ1v) is 7.07. The SMILES string of the molecule is CCC(C)C(O)CNC(=O)NCCc1c(C)noc1C. The minimum atomic E-state index is -0.506. The minimum absolute atomic E-state index is 0.178. The molecule has 2 atom stereocenters. The van der Waals surface area contributed by atoms with Crippen LogP contribution in [0.2, 0.25) is 0 Å². The summed E-state index contributed by atoms with van der Waals surface area (Å²) in [5, 5.41) is 19.0. The Kier molecular flexibility index (Phi) is 6.51. The van der Waals surface area contributed by atoms with Crippen molar-refractivity contribution in [1.82, 2.24) is 15.8 Å². The number of nitrogens with one attached hydrogen (secondary N) is 2. The van der Waals surface area contributed by atoms with E-state index in [1.807, 2.05) is 27.7 Å². The predicted molar refractivity (Wildman–Crippen MR) is 76.5 cm³/mol. The molecule has 0 aliphatic rings. The van der Waals surface area contributed by atoms with Gasteiger partial charge in [-0.1, -0.05) is 25.4 Å². The molecule has 0 spiro atoms. The summed E-state index contributed by atoms with van der Waals surface area (Å²) in [6.45, 7) is 8.49. The van der Waals surface area contributed by atoms with Gasteiger partial charge in [-0.3, -0.25) is 0 Å². The molecular formula is C14H25N3O3. The van der Waals surface area contributed by atoms with Gasteiger partial charge in [-0.05, 0) is 26.2 Å². The summed E-state index contributed by atoms with van der Waals surface area (Å²) in [5.74, 6) is 0.967. The Hall–Kier alpha value is -1.56. The van der Waals surface area contributed by atoms with Crippen LogP contribution in [0, 0.1) is 19.8 Å². The Morgan fingerprint density at radius 2 is 2.10 bits per heavy atom. The highest BCUT2D eigenvalue weighted by molar-refractivity contribution is 5.73. The number of aromatic nitrogens is 1. The Balaban J connectivity index is 2.24. The summed E-state index contributed by atoms with van der Waals surface area (Å²) in [7, 11) is 0. The van der Waals surface area contributed by atoms with Crippen LogP contribution < -0.4 is 10.6 Å². The van der Waals surface area contributed by atoms with Gasteiger partial charge in [-0.25, -0.2) is 4.79 Å². The maximum Gasteiger partial charge on any atom is 0.314 e. The van der Waals surface area contributed by atoms with Crippen LogP contribution in [0.3, 0.4) is 0 Å². The number of urea groups is 1. The highest BCUT2D eigenvalue weighted by Gasteiger charge is 2.13. The highest BCUT2D eigenvalue weighted by atomic mass is 16.5. The van der Waals surface area contributed by atoms with Crippen LogP contribution in [-0.4, -0.2) is 35.5 Å². The van der Waals surface area contributed by atoms with Crippen molar-refractivity contribution < 1.29 is 14.4 Å². The number of carbonyl (C=O) groups is 1. The zero-order chi connectivity index (χ0) is 15.1. The summed E-state index contributed by atoms with van der Waals surface area (Å²) in [4.78, 5) is 11.6. The van der Waals surface area contributed by atoms with Gasteiger partial charge in [-0.2, -0.15) is 0 Å². The molecule has 6 heteroatoms. The first kappa shape index (κ1) is 16.5. The molecule has 20 heavy (non-hydrogen) atoms. The summed E-state index contributed by atoms with van der Waals surface area (Å²) in [6.07, 6.45) is 1.06. The van der Waals surface area contributed by atoms with E-state index >= 15 is 0 Å². The van der Waals surface area contributed by atoms with Gasteiger partial charge in [0.1, 0.15) is 5.76 Å². The van der Waals surface area contributed by atoms with Crippen molar-refractivity contribution in [3.63, 3.8) is 0 Å². The van der Waals surface area contributed by atoms with E-state index in [2.05, 4.69) is 15.8 Å². The van der Waals surface area contributed by atoms with Crippen molar-refractivity contribution in [3.05, 3.63) is 17.0 Å². The standard InChI is InChI=1S/C14H25N3O3/c1-5-9(2)13(18)8-16-14(19)15-7-6-12-10(3)17-20-11(12)4/h9,13,18H,5-8H2,1-4H3,(H2,15,16,19). The van der Waals surface area contributed by atoms with Crippen molar-refractivity contribution in [1.29, 1.82) is 0 Å². The normalized spacial score (nSPS) is 13.8. The van der Waals surface area contributed by atoms with Crippen molar-refractivity contribution in [2.75, 3.05) is 13.1 Å². The zero-order valence-corrected chi connectivity index (χ0v) is 12.7. The molecule has 1 aromatic rings. The topological polar surface area (TPSA) is 87.4 Å². The number of nitrogens with zero attached hydrogens (tertiary/aromatic N) is 1. The number of aliphatic hydroxyl groups excluding tert-OH is 1. The first-order valence-electron chi connectivity index (χ1n) is 7.07. The lowest BCUT2D eigenvalue weighted by Gasteiger charge is -2.17. The molecule has 1 aromatic heterocycles. The van der Waals surface area contributed by atoms with Crippen molar-refractivity contribution in [2.24, 2.45) is 5.92 Å². The van der Waals surface area contributed by atoms with E-state index in [0.717, 1.165) is 23.4 Å². The maximum atomic E-state index is 11.6. The smallest absolute Gasteiger partial charge is 0.314 e. The molecule has 6 nitrogen and oxygen atoms in total. The fourth-order valence-electron chi connectivity index (χ4n) is 1.89. The molecular weight excluding hydrogens is 258 g/mol. The van der Waals surface area contributed by atoms with Crippen molar-refractivity contribution in [2.45, 2.75) is 46.6 Å². The Labute approximate surface area is 119 Å². The summed E-state index contributed by atoms with van der Waals surface area (Å²) in [6, 6.07) is -0.265. The zero-order valence-electron chi connectivity index (χ0n) is 12.7. The fourth-order valence-corrected chi connectivity index (χ4v) is 1.89. The van der Waals surface area contributed by atoms with Crippen LogP contribution in [0.1, 0.15) is 37.3 Å². The molecule has 0 aliphatic heterocycles. The van der Waals surface area contributed by atoms with Crippen LogP contribution in [0.5, 0.6) is 0 Å². The highest BCUT2D eigenvalue weighted by Crippen LogP contribution is 2.12. The van der Waals surface area contributed by atoms with E-state index in [4.69, 9.17) is 4.52 Å². The number of rotatable bonds is 7. The summed E-state index contributed by atoms with van der Waals surface area (Å²) >= 11 is 0. The van der Waals surface area contributed by atoms with Gasteiger partial charge in [0.15, 0.2) is 0 Å². The lowest BCUT2D eigenvalue weighted by molar-refractivity contribution is 0.114. The fraction of sp³-hybridized carbons (Fsp3) is 0.714. The van der Waals surface area contributed by atoms with Crippen molar-refractivity contribution >= 4 is 6.03 Å². The van der Waals surface area contributed by atoms with E-state index in [0.29, 0.717) is 13.0 Å². The molecule has 0 bridgehead atoms. The number of aryl methyl sites for hydroxylation is 2. The van der Waals surface area contributed by atoms with Gasteiger partial charge >= 0.3 is 6.03 Å². The molecule has 2 unspecified atom stereocenters. The average Bonchev–Trinajstić information content (AvgIpc) is 2.75. The quantitative estimate of drug-likeness (QED) is 0.708. The molecule has 0 aromatic carbocycles. The van der Waals surface area contributed by atoms with Gasteiger partial charge in [0.25, 0.3) is 0 Å². The molecule has 2 amide bonds. The molecule has 0 saturated carbocycles. The van der Waals surface area contributed by atoms with Gasteiger partial charge in [0.05, 0.1) is 11.8 Å². The predicted octanol–water partition coefficient (Wildman–Crippen LogP) is 1.54. The number of carbonyl (C=O) groups excluding carboxylic acids is 1. The van der Waals surface area contributed by atoms with Gasteiger partial charge in [-0.15, -0.1) is 0 Å². The van der Waals surface area contributed by atoms with Crippen molar-refractivity contribution in [3.8, 4) is 0 Å². The molecule has 0 fully saturated rings. The number of amides is 2. The number of hydrogen-bond donors (Lipinski definition) is 3. The lowest BCUT2D eigenvalue weighted by Crippen LogP contribution is -2.42. The monoisotopic (exact) mass is 283 g/mol. The van der Waals surface area contributed by atoms with E-state index in [1.54, 1.807) is 0 Å². The third-order valence-electron chi connectivity index (χ3n) is 3.61. The Morgan fingerprint density at radius 3 is 2.65 bits per heavy atom. The average molecular weight is 283 g/mol. The minimum Gasteiger partial charge on any atom is -0.391 e. The molecule has 0 aliphatic carbocycles. The Bertz CT molecular complexity index is 412. The Morgan fingerprint density at radius 1 is 1.40 bits per heavy atom. The van der Waals surface area contributed by atoms with E-state index in [9.17, 15) is 9.90 Å². The van der Waals surface area contributed by atoms with Crippen LogP contribution >= 0.6 is 0 Å². The number of hydrogen-bond acceptors (Lipinski definition) is 4. The second-order valence-electron chi connectivity index (χ2n) is 5.14. The molecule has 1 rings (SSSR count). The molecule has 1 heterocycles. The van der Waals surface area contributed by atoms with E-state index < -0.39 is 6.10 Å². The van der Waals surface area contributed by atoms with Gasteiger partial charge in [0, 0.05) is 18.7 Å². The molecule has 3 N–H and O–H groups in total. The van der Waals surface area contributed by atoms with Crippen LogP contribution in [0.4, 0.5) is 4.79 Å². The second-order valence-corrected chi connectivity index (χ2v) is 5.14. The second kappa shape index (κ2) is 7.89. The summed E-state index contributed by atoms with van der Waals surface area (Å²) in [5.41, 5.74) is 1.89. The maximum absolute atomic E-state index is 11.6. The number of aliphatic hydroxyl groups is 1. The molecule has 114 valence electrons. The van der Waals surface area contributed by atoms with Gasteiger partial charge < -0.3 is 20.3 Å². The first-order chi connectivity index (χ1) is 9.45. The lowest BCUT2D eigenvalue weighted by atomic mass is 10.0. The van der Waals surface area contributed by atoms with Crippen LogP contribution in [-0.2, 0) is 6.42 Å². The third-order valence-corrected chi connectivity index (χ3v) is 3.61. The van der Waals surface area contributed by atoms with Crippen LogP contribution in [0.15, 0.2) is 4.52 Å². The summed E-state index contributed by atoms with van der Waals surface area (Å²) < 4.78 is 5.06. The van der Waals surface area contributed by atoms with Crippen LogP contribution in [0.25, 0.3) is 0 Å².